The maximum atomic E-state index is 11.7. The third-order valence-corrected chi connectivity index (χ3v) is 4.19. The van der Waals surface area contributed by atoms with E-state index in [0.717, 1.165) is 24.8 Å². The van der Waals surface area contributed by atoms with Crippen LogP contribution in [0, 0.1) is 0 Å². The van der Waals surface area contributed by atoms with E-state index in [1.807, 2.05) is 18.2 Å². The molecule has 6 heteroatoms. The summed E-state index contributed by atoms with van der Waals surface area (Å²) < 4.78 is 5.37. The molecule has 0 bridgehead atoms. The molecule has 1 saturated carbocycles. The molecule has 1 atom stereocenters. The number of amides is 2. The van der Waals surface area contributed by atoms with Crippen molar-refractivity contribution in [1.29, 1.82) is 0 Å². The van der Waals surface area contributed by atoms with Crippen molar-refractivity contribution in [1.82, 2.24) is 10.6 Å². The number of carbonyl (C=O) groups excluding carboxylic acids is 1. The van der Waals surface area contributed by atoms with Crippen LogP contribution in [-0.4, -0.2) is 36.9 Å². The van der Waals surface area contributed by atoms with Crippen molar-refractivity contribution in [2.45, 2.75) is 31.0 Å². The van der Waals surface area contributed by atoms with Gasteiger partial charge in [-0.3, -0.25) is 0 Å². The summed E-state index contributed by atoms with van der Waals surface area (Å²) in [6.07, 6.45) is 2.19. The van der Waals surface area contributed by atoms with Gasteiger partial charge in [0.25, 0.3) is 0 Å². The van der Waals surface area contributed by atoms with Gasteiger partial charge in [-0.15, -0.1) is 0 Å². The minimum atomic E-state index is -0.721. The molecule has 5 nitrogen and oxygen atoms in total. The van der Waals surface area contributed by atoms with Gasteiger partial charge >= 0.3 is 6.03 Å². The first kappa shape index (κ1) is 16.1. The van der Waals surface area contributed by atoms with Crippen LogP contribution < -0.4 is 10.6 Å². The van der Waals surface area contributed by atoms with E-state index in [9.17, 15) is 9.90 Å². The van der Waals surface area contributed by atoms with E-state index in [2.05, 4.69) is 10.6 Å². The van der Waals surface area contributed by atoms with E-state index in [4.69, 9.17) is 16.3 Å². The fourth-order valence-electron chi connectivity index (χ4n) is 2.31. The molecule has 0 saturated heterocycles. The molecule has 0 aliphatic heterocycles. The largest absolute Gasteiger partial charge is 0.388 e. The summed E-state index contributed by atoms with van der Waals surface area (Å²) >= 11 is 6.12. The Morgan fingerprint density at radius 1 is 1.43 bits per heavy atom. The Kier molecular flexibility index (Phi) is 5.45. The second-order valence-electron chi connectivity index (χ2n) is 5.39. The van der Waals surface area contributed by atoms with Crippen LogP contribution in [0.15, 0.2) is 24.3 Å². The zero-order valence-corrected chi connectivity index (χ0v) is 12.8. The Bertz CT molecular complexity index is 492. The molecule has 21 heavy (non-hydrogen) atoms. The van der Waals surface area contributed by atoms with Crippen molar-refractivity contribution in [2.24, 2.45) is 0 Å². The van der Waals surface area contributed by atoms with Crippen molar-refractivity contribution in [3.05, 3.63) is 34.9 Å². The van der Waals surface area contributed by atoms with Gasteiger partial charge in [0.15, 0.2) is 0 Å². The van der Waals surface area contributed by atoms with Crippen LogP contribution in [0.3, 0.4) is 0 Å². The average molecular weight is 313 g/mol. The summed E-state index contributed by atoms with van der Waals surface area (Å²) in [5.41, 5.74) is 0.111. The molecule has 0 heterocycles. The first-order valence-electron chi connectivity index (χ1n) is 7.05. The number of rotatable bonds is 6. The standard InChI is InChI=1S/C15H21ClN2O3/c1-21-13(11-5-2-3-6-12(11)16)9-17-14(19)18-10-15(20)7-4-8-15/h2-3,5-6,13,20H,4,7-10H2,1H3,(H2,17,18,19). The van der Waals surface area contributed by atoms with E-state index < -0.39 is 5.60 Å². The van der Waals surface area contributed by atoms with Gasteiger partial charge in [0.1, 0.15) is 6.10 Å². The highest BCUT2D eigenvalue weighted by atomic mass is 35.5. The highest BCUT2D eigenvalue weighted by Gasteiger charge is 2.34. The van der Waals surface area contributed by atoms with Gasteiger partial charge in [-0.2, -0.15) is 0 Å². The summed E-state index contributed by atoms with van der Waals surface area (Å²) in [6, 6.07) is 7.06. The van der Waals surface area contributed by atoms with Gasteiger partial charge in [-0.25, -0.2) is 4.79 Å². The quantitative estimate of drug-likeness (QED) is 0.754. The van der Waals surface area contributed by atoms with Crippen molar-refractivity contribution in [2.75, 3.05) is 20.2 Å². The van der Waals surface area contributed by atoms with Gasteiger partial charge < -0.3 is 20.5 Å². The average Bonchev–Trinajstić information content (AvgIpc) is 2.45. The van der Waals surface area contributed by atoms with Crippen LogP contribution >= 0.6 is 11.6 Å². The van der Waals surface area contributed by atoms with Crippen molar-refractivity contribution in [3.63, 3.8) is 0 Å². The number of halogens is 1. The zero-order chi connectivity index (χ0) is 15.3. The number of methoxy groups -OCH3 is 1. The van der Waals surface area contributed by atoms with Crippen LogP contribution in [-0.2, 0) is 4.74 Å². The first-order chi connectivity index (χ1) is 10.0. The van der Waals surface area contributed by atoms with Crippen molar-refractivity contribution >= 4 is 17.6 Å². The highest BCUT2D eigenvalue weighted by Crippen LogP contribution is 2.30. The molecule has 1 aliphatic carbocycles. The Morgan fingerprint density at radius 3 is 2.71 bits per heavy atom. The molecule has 0 spiro atoms. The summed E-state index contributed by atoms with van der Waals surface area (Å²) in [6.45, 7) is 0.590. The number of urea groups is 1. The smallest absolute Gasteiger partial charge is 0.314 e. The zero-order valence-electron chi connectivity index (χ0n) is 12.1. The molecule has 1 aliphatic rings. The summed E-state index contributed by atoms with van der Waals surface area (Å²) in [7, 11) is 1.57. The lowest BCUT2D eigenvalue weighted by atomic mass is 9.80. The van der Waals surface area contributed by atoms with E-state index in [-0.39, 0.29) is 18.7 Å². The summed E-state index contributed by atoms with van der Waals surface area (Å²) in [5.74, 6) is 0. The lowest BCUT2D eigenvalue weighted by Crippen LogP contribution is -2.50. The Labute approximate surface area is 129 Å². The number of carbonyl (C=O) groups is 1. The number of aliphatic hydroxyl groups is 1. The normalized spacial score (nSPS) is 17.7. The first-order valence-corrected chi connectivity index (χ1v) is 7.43. The summed E-state index contributed by atoms with van der Waals surface area (Å²) in [5, 5.41) is 15.9. The van der Waals surface area contributed by atoms with Crippen molar-refractivity contribution in [3.8, 4) is 0 Å². The predicted octanol–water partition coefficient (Wildman–Crippen LogP) is 2.24. The number of ether oxygens (including phenoxy) is 1. The van der Waals surface area contributed by atoms with Gasteiger partial charge in [0.05, 0.1) is 5.60 Å². The fourth-order valence-corrected chi connectivity index (χ4v) is 2.57. The van der Waals surface area contributed by atoms with Gasteiger partial charge in [-0.05, 0) is 25.3 Å². The minimum absolute atomic E-state index is 0.280. The molecule has 116 valence electrons. The molecule has 1 fully saturated rings. The van der Waals surface area contributed by atoms with E-state index in [0.29, 0.717) is 11.6 Å². The fraction of sp³-hybridized carbons (Fsp3) is 0.533. The van der Waals surface area contributed by atoms with Gasteiger partial charge in [0, 0.05) is 30.8 Å². The number of benzene rings is 1. The Balaban J connectivity index is 1.80. The molecule has 0 radical (unpaired) electrons. The van der Waals surface area contributed by atoms with Crippen LogP contribution in [0.5, 0.6) is 0 Å². The Hall–Kier alpha value is -1.30. The second-order valence-corrected chi connectivity index (χ2v) is 5.79. The van der Waals surface area contributed by atoms with Gasteiger partial charge in [-0.1, -0.05) is 29.8 Å². The lowest BCUT2D eigenvalue weighted by Gasteiger charge is -2.36. The Morgan fingerprint density at radius 2 is 2.14 bits per heavy atom. The predicted molar refractivity (Wildman–Crippen MR) is 81.4 cm³/mol. The molecule has 2 amide bonds. The molecule has 1 aromatic carbocycles. The molecule has 1 unspecified atom stereocenters. The monoisotopic (exact) mass is 312 g/mol. The van der Waals surface area contributed by atoms with E-state index in [1.54, 1.807) is 13.2 Å². The van der Waals surface area contributed by atoms with Gasteiger partial charge in [0.2, 0.25) is 0 Å². The van der Waals surface area contributed by atoms with E-state index in [1.165, 1.54) is 0 Å². The maximum Gasteiger partial charge on any atom is 0.314 e. The minimum Gasteiger partial charge on any atom is -0.388 e. The molecule has 0 aromatic heterocycles. The van der Waals surface area contributed by atoms with E-state index >= 15 is 0 Å². The van der Waals surface area contributed by atoms with Crippen LogP contribution in [0.4, 0.5) is 4.79 Å². The molecular formula is C15H21ClN2O3. The SMILES string of the molecule is COC(CNC(=O)NCC1(O)CCC1)c1ccccc1Cl. The number of nitrogens with one attached hydrogen (secondary N) is 2. The molecular weight excluding hydrogens is 292 g/mol. The third kappa shape index (κ3) is 4.33. The van der Waals surface area contributed by atoms with Crippen molar-refractivity contribution < 1.29 is 14.6 Å². The number of hydrogen-bond acceptors (Lipinski definition) is 3. The topological polar surface area (TPSA) is 70.6 Å². The summed E-state index contributed by atoms with van der Waals surface area (Å²) in [4.78, 5) is 11.7. The molecule has 1 aromatic rings. The molecule has 2 rings (SSSR count). The highest BCUT2D eigenvalue weighted by molar-refractivity contribution is 6.31. The third-order valence-electron chi connectivity index (χ3n) is 3.85. The molecule has 3 N–H and O–H groups in total. The van der Waals surface area contributed by atoms with Crippen LogP contribution in [0.2, 0.25) is 5.02 Å². The lowest BCUT2D eigenvalue weighted by molar-refractivity contribution is -0.0290. The van der Waals surface area contributed by atoms with Crippen LogP contribution in [0.25, 0.3) is 0 Å². The maximum absolute atomic E-state index is 11.7. The number of hydrogen-bond donors (Lipinski definition) is 3. The van der Waals surface area contributed by atoms with Crippen LogP contribution in [0.1, 0.15) is 30.9 Å². The second kappa shape index (κ2) is 7.11.